The second kappa shape index (κ2) is 5.23. The Kier molecular flexibility index (Phi) is 3.67. The number of aliphatic hydroxyl groups excluding tert-OH is 1. The van der Waals surface area contributed by atoms with Crippen LogP contribution in [0.25, 0.3) is 10.9 Å². The molecule has 1 aromatic carbocycles. The van der Waals surface area contributed by atoms with Gasteiger partial charge in [0.05, 0.1) is 29.5 Å². The first kappa shape index (κ1) is 12.6. The standard InChI is InChI=1S/C14H19N3O/c1-9(2)13(8-18)17-12-6-5-11-10(14(12)15)4-3-7-16-11/h3-7,9,13,17-18H,8,15H2,1-2H3. The van der Waals surface area contributed by atoms with E-state index in [1.807, 2.05) is 24.3 Å². The van der Waals surface area contributed by atoms with Crippen molar-refractivity contribution in [3.63, 3.8) is 0 Å². The van der Waals surface area contributed by atoms with Crippen molar-refractivity contribution in [2.24, 2.45) is 5.92 Å². The molecule has 18 heavy (non-hydrogen) atoms. The number of nitrogens with two attached hydrogens (primary N) is 1. The fraction of sp³-hybridized carbons (Fsp3) is 0.357. The lowest BCUT2D eigenvalue weighted by atomic mass is 10.0. The van der Waals surface area contributed by atoms with Crippen molar-refractivity contribution >= 4 is 22.3 Å². The van der Waals surface area contributed by atoms with Crippen molar-refractivity contribution in [3.05, 3.63) is 30.5 Å². The van der Waals surface area contributed by atoms with Gasteiger partial charge in [-0.25, -0.2) is 0 Å². The van der Waals surface area contributed by atoms with Gasteiger partial charge in [-0.1, -0.05) is 13.8 Å². The van der Waals surface area contributed by atoms with Crippen LogP contribution in [0.15, 0.2) is 30.5 Å². The predicted molar refractivity (Wildman–Crippen MR) is 75.5 cm³/mol. The maximum absolute atomic E-state index is 9.35. The molecule has 0 bridgehead atoms. The van der Waals surface area contributed by atoms with Crippen molar-refractivity contribution in [2.45, 2.75) is 19.9 Å². The van der Waals surface area contributed by atoms with Gasteiger partial charge in [-0.05, 0) is 30.2 Å². The largest absolute Gasteiger partial charge is 0.397 e. The highest BCUT2D eigenvalue weighted by molar-refractivity contribution is 5.96. The Bertz CT molecular complexity index is 540. The third kappa shape index (κ3) is 2.38. The fourth-order valence-corrected chi connectivity index (χ4v) is 1.92. The number of fused-ring (bicyclic) bond motifs is 1. The molecular weight excluding hydrogens is 226 g/mol. The number of nitrogens with zero attached hydrogens (tertiary/aromatic N) is 1. The number of nitrogen functional groups attached to an aromatic ring is 1. The molecule has 96 valence electrons. The summed E-state index contributed by atoms with van der Waals surface area (Å²) in [6.07, 6.45) is 1.75. The first-order valence-electron chi connectivity index (χ1n) is 6.14. The predicted octanol–water partition coefficient (Wildman–Crippen LogP) is 2.25. The van der Waals surface area contributed by atoms with Gasteiger partial charge in [0.2, 0.25) is 0 Å². The van der Waals surface area contributed by atoms with Gasteiger partial charge in [0.1, 0.15) is 0 Å². The molecule has 0 aliphatic rings. The molecule has 0 amide bonds. The summed E-state index contributed by atoms with van der Waals surface area (Å²) < 4.78 is 0. The van der Waals surface area contributed by atoms with Crippen LogP contribution >= 0.6 is 0 Å². The van der Waals surface area contributed by atoms with E-state index in [9.17, 15) is 5.11 Å². The summed E-state index contributed by atoms with van der Waals surface area (Å²) >= 11 is 0. The highest BCUT2D eigenvalue weighted by Gasteiger charge is 2.14. The highest BCUT2D eigenvalue weighted by Crippen LogP contribution is 2.28. The summed E-state index contributed by atoms with van der Waals surface area (Å²) in [5.74, 6) is 0.332. The monoisotopic (exact) mass is 245 g/mol. The zero-order chi connectivity index (χ0) is 13.1. The molecule has 0 aliphatic heterocycles. The Morgan fingerprint density at radius 1 is 1.33 bits per heavy atom. The first-order valence-corrected chi connectivity index (χ1v) is 6.14. The van der Waals surface area contributed by atoms with E-state index in [2.05, 4.69) is 24.1 Å². The number of aliphatic hydroxyl groups is 1. The second-order valence-electron chi connectivity index (χ2n) is 4.77. The SMILES string of the molecule is CC(C)C(CO)Nc1ccc2ncccc2c1N. The summed E-state index contributed by atoms with van der Waals surface area (Å²) in [5, 5.41) is 13.6. The molecule has 0 saturated heterocycles. The number of hydrogen-bond donors (Lipinski definition) is 3. The molecule has 1 unspecified atom stereocenters. The topological polar surface area (TPSA) is 71.2 Å². The van der Waals surface area contributed by atoms with Crippen molar-refractivity contribution in [1.29, 1.82) is 0 Å². The Balaban J connectivity index is 2.37. The van der Waals surface area contributed by atoms with Crippen molar-refractivity contribution in [2.75, 3.05) is 17.7 Å². The normalized spacial score (nSPS) is 12.9. The number of hydrogen-bond acceptors (Lipinski definition) is 4. The molecule has 1 heterocycles. The van der Waals surface area contributed by atoms with E-state index in [-0.39, 0.29) is 12.6 Å². The van der Waals surface area contributed by atoms with Gasteiger partial charge in [0.25, 0.3) is 0 Å². The van der Waals surface area contributed by atoms with Crippen molar-refractivity contribution in [1.82, 2.24) is 4.98 Å². The van der Waals surface area contributed by atoms with Crippen LogP contribution in [0.5, 0.6) is 0 Å². The molecule has 4 nitrogen and oxygen atoms in total. The van der Waals surface area contributed by atoms with Crippen LogP contribution in [-0.2, 0) is 0 Å². The number of pyridine rings is 1. The fourth-order valence-electron chi connectivity index (χ4n) is 1.92. The van der Waals surface area contributed by atoms with E-state index < -0.39 is 0 Å². The molecule has 0 fully saturated rings. The lowest BCUT2D eigenvalue weighted by molar-refractivity contribution is 0.249. The number of rotatable bonds is 4. The quantitative estimate of drug-likeness (QED) is 0.722. The molecule has 0 aliphatic carbocycles. The number of aromatic nitrogens is 1. The van der Waals surface area contributed by atoms with Gasteiger partial charge in [-0.3, -0.25) is 4.98 Å². The average molecular weight is 245 g/mol. The molecule has 4 N–H and O–H groups in total. The molecule has 2 aromatic rings. The molecule has 1 aromatic heterocycles. The third-order valence-electron chi connectivity index (χ3n) is 3.17. The maximum Gasteiger partial charge on any atom is 0.0724 e. The van der Waals surface area contributed by atoms with E-state index in [0.717, 1.165) is 16.6 Å². The minimum Gasteiger partial charge on any atom is -0.397 e. The van der Waals surface area contributed by atoms with E-state index >= 15 is 0 Å². The maximum atomic E-state index is 9.35. The molecule has 0 spiro atoms. The van der Waals surface area contributed by atoms with Gasteiger partial charge in [-0.2, -0.15) is 0 Å². The second-order valence-corrected chi connectivity index (χ2v) is 4.77. The summed E-state index contributed by atoms with van der Waals surface area (Å²) in [6, 6.07) is 7.67. The molecule has 4 heteroatoms. The van der Waals surface area contributed by atoms with Crippen LogP contribution < -0.4 is 11.1 Å². The number of anilines is 2. The third-order valence-corrected chi connectivity index (χ3v) is 3.17. The van der Waals surface area contributed by atoms with Gasteiger partial charge in [0.15, 0.2) is 0 Å². The Morgan fingerprint density at radius 3 is 2.78 bits per heavy atom. The lowest BCUT2D eigenvalue weighted by Gasteiger charge is -2.22. The van der Waals surface area contributed by atoms with Crippen molar-refractivity contribution < 1.29 is 5.11 Å². The summed E-state index contributed by atoms with van der Waals surface area (Å²) in [6.45, 7) is 4.21. The Hall–Kier alpha value is -1.81. The van der Waals surface area contributed by atoms with Gasteiger partial charge < -0.3 is 16.2 Å². The molecule has 2 rings (SSSR count). The van der Waals surface area contributed by atoms with Crippen LogP contribution in [0.4, 0.5) is 11.4 Å². The van der Waals surface area contributed by atoms with Crippen LogP contribution in [0.2, 0.25) is 0 Å². The van der Waals surface area contributed by atoms with Crippen LogP contribution in [0, 0.1) is 5.92 Å². The van der Waals surface area contributed by atoms with Crippen molar-refractivity contribution in [3.8, 4) is 0 Å². The zero-order valence-corrected chi connectivity index (χ0v) is 10.7. The van der Waals surface area contributed by atoms with Crippen LogP contribution in [-0.4, -0.2) is 22.7 Å². The molecule has 1 atom stereocenters. The van der Waals surface area contributed by atoms with Gasteiger partial charge in [-0.15, -0.1) is 0 Å². The summed E-state index contributed by atoms with van der Waals surface area (Å²) in [4.78, 5) is 4.26. The Labute approximate surface area is 107 Å². The van der Waals surface area contributed by atoms with Gasteiger partial charge >= 0.3 is 0 Å². The number of benzene rings is 1. The summed E-state index contributed by atoms with van der Waals surface area (Å²) in [7, 11) is 0. The van der Waals surface area contributed by atoms with E-state index in [1.54, 1.807) is 6.20 Å². The van der Waals surface area contributed by atoms with Crippen LogP contribution in [0.3, 0.4) is 0 Å². The summed E-state index contributed by atoms with van der Waals surface area (Å²) in [5.41, 5.74) is 8.55. The van der Waals surface area contributed by atoms with E-state index in [4.69, 9.17) is 5.73 Å². The number of nitrogens with one attached hydrogen (secondary N) is 1. The Morgan fingerprint density at radius 2 is 2.11 bits per heavy atom. The molecule has 0 saturated carbocycles. The zero-order valence-electron chi connectivity index (χ0n) is 10.7. The van der Waals surface area contributed by atoms with Crippen LogP contribution in [0.1, 0.15) is 13.8 Å². The van der Waals surface area contributed by atoms with Gasteiger partial charge in [0, 0.05) is 11.6 Å². The average Bonchev–Trinajstić information content (AvgIpc) is 2.38. The minimum atomic E-state index is 0.00132. The highest BCUT2D eigenvalue weighted by atomic mass is 16.3. The first-order chi connectivity index (χ1) is 8.63. The van der Waals surface area contributed by atoms with E-state index in [1.165, 1.54) is 0 Å². The lowest BCUT2D eigenvalue weighted by Crippen LogP contribution is -2.29. The minimum absolute atomic E-state index is 0.00132. The molecular formula is C14H19N3O. The smallest absolute Gasteiger partial charge is 0.0724 e. The molecule has 0 radical (unpaired) electrons. The van der Waals surface area contributed by atoms with E-state index in [0.29, 0.717) is 11.6 Å².